The highest BCUT2D eigenvalue weighted by Crippen LogP contribution is 2.25. The molecule has 1 N–H and O–H groups in total. The smallest absolute Gasteiger partial charge is 0.325 e. The molecule has 0 atom stereocenters. The summed E-state index contributed by atoms with van der Waals surface area (Å²) >= 11 is 0. The Labute approximate surface area is 157 Å². The van der Waals surface area contributed by atoms with Gasteiger partial charge in [0.15, 0.2) is 0 Å². The Bertz CT molecular complexity index is 882. The lowest BCUT2D eigenvalue weighted by molar-refractivity contribution is -0.141. The van der Waals surface area contributed by atoms with Gasteiger partial charge in [-0.1, -0.05) is 18.2 Å². The maximum absolute atomic E-state index is 12.1. The molecular formula is C18H20N2O6S. The van der Waals surface area contributed by atoms with E-state index in [1.165, 1.54) is 19.2 Å². The normalized spacial score (nSPS) is 10.7. The molecule has 2 rings (SSSR count). The molecular weight excluding hydrogens is 372 g/mol. The minimum absolute atomic E-state index is 0.297. The average Bonchev–Trinajstić information content (AvgIpc) is 2.65. The Hall–Kier alpha value is -3.07. The van der Waals surface area contributed by atoms with E-state index in [2.05, 4.69) is 10.1 Å². The van der Waals surface area contributed by atoms with Gasteiger partial charge in [0.25, 0.3) is 0 Å². The predicted octanol–water partition coefficient (Wildman–Crippen LogP) is 1.53. The summed E-state index contributed by atoms with van der Waals surface area (Å²) in [6.45, 7) is -0.800. The van der Waals surface area contributed by atoms with E-state index >= 15 is 0 Å². The number of nitrogens with one attached hydrogen (secondary N) is 1. The lowest BCUT2D eigenvalue weighted by Crippen LogP contribution is -2.42. The topological polar surface area (TPSA) is 102 Å². The van der Waals surface area contributed by atoms with Gasteiger partial charge in [-0.25, -0.2) is 8.42 Å². The molecule has 8 nitrogen and oxygen atoms in total. The summed E-state index contributed by atoms with van der Waals surface area (Å²) < 4.78 is 35.1. The Morgan fingerprint density at radius 3 is 2.15 bits per heavy atom. The summed E-state index contributed by atoms with van der Waals surface area (Å²) in [6, 6.07) is 15.4. The molecule has 144 valence electrons. The number of nitrogens with zero attached hydrogens (tertiary/aromatic N) is 1. The van der Waals surface area contributed by atoms with E-state index in [0.29, 0.717) is 17.2 Å². The molecule has 1 amide bonds. The minimum atomic E-state index is -3.71. The van der Waals surface area contributed by atoms with Crippen LogP contribution in [0.1, 0.15) is 0 Å². The van der Waals surface area contributed by atoms with Crippen LogP contribution in [0.15, 0.2) is 54.6 Å². The highest BCUT2D eigenvalue weighted by molar-refractivity contribution is 7.92. The number of carbonyl (C=O) groups excluding carboxylic acids is 2. The third kappa shape index (κ3) is 6.30. The van der Waals surface area contributed by atoms with Gasteiger partial charge < -0.3 is 14.8 Å². The fraction of sp³-hybridized carbons (Fsp3) is 0.222. The van der Waals surface area contributed by atoms with Crippen molar-refractivity contribution in [2.75, 3.05) is 30.8 Å². The largest absolute Gasteiger partial charge is 0.468 e. The van der Waals surface area contributed by atoms with Crippen molar-refractivity contribution in [2.45, 2.75) is 0 Å². The van der Waals surface area contributed by atoms with Crippen LogP contribution < -0.4 is 14.4 Å². The van der Waals surface area contributed by atoms with Gasteiger partial charge in [-0.2, -0.15) is 0 Å². The van der Waals surface area contributed by atoms with E-state index in [1.54, 1.807) is 24.3 Å². The third-order valence-corrected chi connectivity index (χ3v) is 4.59. The number of rotatable bonds is 8. The number of benzene rings is 2. The molecule has 0 saturated heterocycles. The lowest BCUT2D eigenvalue weighted by atomic mass is 10.3. The summed E-state index contributed by atoms with van der Waals surface area (Å²) in [5.41, 5.74) is 0.297. The Morgan fingerprint density at radius 2 is 1.59 bits per heavy atom. The SMILES string of the molecule is COC(=O)CNC(=O)CN(c1ccc(Oc2ccccc2)cc1)S(C)(=O)=O. The van der Waals surface area contributed by atoms with Crippen molar-refractivity contribution in [3.8, 4) is 11.5 Å². The Morgan fingerprint density at radius 1 is 1.00 bits per heavy atom. The maximum atomic E-state index is 12.1. The zero-order chi connectivity index (χ0) is 19.9. The number of ether oxygens (including phenoxy) is 2. The monoisotopic (exact) mass is 392 g/mol. The second kappa shape index (κ2) is 9.04. The number of hydrogen-bond donors (Lipinski definition) is 1. The maximum Gasteiger partial charge on any atom is 0.325 e. The van der Waals surface area contributed by atoms with Gasteiger partial charge in [-0.3, -0.25) is 13.9 Å². The molecule has 0 aliphatic rings. The van der Waals surface area contributed by atoms with E-state index < -0.39 is 28.4 Å². The van der Waals surface area contributed by atoms with Gasteiger partial charge in [0, 0.05) is 0 Å². The molecule has 0 radical (unpaired) electrons. The highest BCUT2D eigenvalue weighted by atomic mass is 32.2. The lowest BCUT2D eigenvalue weighted by Gasteiger charge is -2.22. The number of hydrogen-bond acceptors (Lipinski definition) is 6. The van der Waals surface area contributed by atoms with Crippen LogP contribution in [-0.2, 0) is 24.3 Å². The van der Waals surface area contributed by atoms with Crippen molar-refractivity contribution in [3.05, 3.63) is 54.6 Å². The van der Waals surface area contributed by atoms with Gasteiger partial charge in [-0.05, 0) is 36.4 Å². The molecule has 2 aromatic rings. The van der Waals surface area contributed by atoms with Crippen LogP contribution in [0.25, 0.3) is 0 Å². The molecule has 0 aliphatic carbocycles. The van der Waals surface area contributed by atoms with Crippen molar-refractivity contribution in [2.24, 2.45) is 0 Å². The Balaban J connectivity index is 2.10. The number of para-hydroxylation sites is 1. The number of esters is 1. The van der Waals surface area contributed by atoms with Gasteiger partial charge in [0.05, 0.1) is 19.1 Å². The van der Waals surface area contributed by atoms with Crippen LogP contribution in [0, 0.1) is 0 Å². The molecule has 2 aromatic carbocycles. The molecule has 0 bridgehead atoms. The quantitative estimate of drug-likeness (QED) is 0.684. The zero-order valence-corrected chi connectivity index (χ0v) is 15.7. The van der Waals surface area contributed by atoms with Crippen molar-refractivity contribution in [1.29, 1.82) is 0 Å². The molecule has 0 aliphatic heterocycles. The summed E-state index contributed by atoms with van der Waals surface area (Å²) in [5.74, 6) is -0.0898. The first-order valence-corrected chi connectivity index (χ1v) is 9.78. The van der Waals surface area contributed by atoms with E-state index in [4.69, 9.17) is 4.74 Å². The van der Waals surface area contributed by atoms with E-state index in [9.17, 15) is 18.0 Å². The van der Waals surface area contributed by atoms with E-state index in [1.807, 2.05) is 18.2 Å². The first-order chi connectivity index (χ1) is 12.8. The molecule has 0 heterocycles. The Kier molecular flexibility index (Phi) is 6.78. The van der Waals surface area contributed by atoms with Crippen LogP contribution in [0.4, 0.5) is 5.69 Å². The average molecular weight is 392 g/mol. The first-order valence-electron chi connectivity index (χ1n) is 7.94. The van der Waals surface area contributed by atoms with Crippen molar-refractivity contribution < 1.29 is 27.5 Å². The number of methoxy groups -OCH3 is 1. The third-order valence-electron chi connectivity index (χ3n) is 3.45. The predicted molar refractivity (Wildman–Crippen MR) is 100 cm³/mol. The fourth-order valence-corrected chi connectivity index (χ4v) is 2.99. The summed E-state index contributed by atoms with van der Waals surface area (Å²) in [5, 5.41) is 2.31. The molecule has 9 heteroatoms. The molecule has 0 unspecified atom stereocenters. The number of anilines is 1. The molecule has 0 fully saturated rings. The number of sulfonamides is 1. The van der Waals surface area contributed by atoms with Crippen molar-refractivity contribution >= 4 is 27.6 Å². The van der Waals surface area contributed by atoms with Gasteiger partial charge in [-0.15, -0.1) is 0 Å². The first kappa shape index (κ1) is 20.2. The van der Waals surface area contributed by atoms with Gasteiger partial charge in [0.2, 0.25) is 15.9 Å². The van der Waals surface area contributed by atoms with Crippen molar-refractivity contribution in [1.82, 2.24) is 5.32 Å². The van der Waals surface area contributed by atoms with Gasteiger partial charge >= 0.3 is 5.97 Å². The molecule has 0 spiro atoms. The fourth-order valence-electron chi connectivity index (χ4n) is 2.13. The second-order valence-corrected chi connectivity index (χ2v) is 7.44. The molecule has 27 heavy (non-hydrogen) atoms. The number of carbonyl (C=O) groups is 2. The summed E-state index contributed by atoms with van der Waals surface area (Å²) in [6.07, 6.45) is 0.995. The summed E-state index contributed by atoms with van der Waals surface area (Å²) in [4.78, 5) is 23.0. The van der Waals surface area contributed by atoms with Crippen LogP contribution in [0.5, 0.6) is 11.5 Å². The summed E-state index contributed by atoms with van der Waals surface area (Å²) in [7, 11) is -2.52. The minimum Gasteiger partial charge on any atom is -0.468 e. The molecule has 0 aromatic heterocycles. The second-order valence-electron chi connectivity index (χ2n) is 5.53. The van der Waals surface area contributed by atoms with Crippen LogP contribution in [-0.4, -0.2) is 46.7 Å². The van der Waals surface area contributed by atoms with Crippen LogP contribution in [0.3, 0.4) is 0 Å². The van der Waals surface area contributed by atoms with E-state index in [0.717, 1.165) is 10.6 Å². The van der Waals surface area contributed by atoms with Crippen LogP contribution >= 0.6 is 0 Å². The van der Waals surface area contributed by atoms with Gasteiger partial charge in [0.1, 0.15) is 24.6 Å². The van der Waals surface area contributed by atoms with Crippen LogP contribution in [0.2, 0.25) is 0 Å². The highest BCUT2D eigenvalue weighted by Gasteiger charge is 2.21. The standard InChI is InChI=1S/C18H20N2O6S/c1-25-18(22)12-19-17(21)13-20(27(2,23)24)14-8-10-16(11-9-14)26-15-6-4-3-5-7-15/h3-11H,12-13H2,1-2H3,(H,19,21). The number of amides is 1. The van der Waals surface area contributed by atoms with E-state index in [-0.39, 0.29) is 6.54 Å². The van der Waals surface area contributed by atoms with Crippen molar-refractivity contribution in [3.63, 3.8) is 0 Å². The zero-order valence-electron chi connectivity index (χ0n) is 14.9. The molecule has 0 saturated carbocycles.